The molecule has 1 amide bonds. The Bertz CT molecular complexity index is 359. The lowest BCUT2D eigenvalue weighted by molar-refractivity contribution is -0.126. The van der Waals surface area contributed by atoms with Gasteiger partial charge in [-0.25, -0.2) is 0 Å². The maximum absolute atomic E-state index is 10.9. The van der Waals surface area contributed by atoms with E-state index in [1.54, 1.807) is 0 Å². The topological polar surface area (TPSA) is 63.3 Å². The summed E-state index contributed by atoms with van der Waals surface area (Å²) in [6, 6.07) is 10.0. The van der Waals surface area contributed by atoms with Gasteiger partial charge in [0.2, 0.25) is 5.91 Å². The molecule has 0 radical (unpaired) electrons. The first kappa shape index (κ1) is 11.1. The van der Waals surface area contributed by atoms with Crippen LogP contribution in [-0.4, -0.2) is 17.1 Å². The highest BCUT2D eigenvalue weighted by molar-refractivity contribution is 5.78. The van der Waals surface area contributed by atoms with E-state index < -0.39 is 12.0 Å². The van der Waals surface area contributed by atoms with Crippen molar-refractivity contribution in [2.45, 2.75) is 31.3 Å². The van der Waals surface area contributed by atoms with Crippen molar-refractivity contribution in [3.8, 4) is 0 Å². The molecule has 2 atom stereocenters. The van der Waals surface area contributed by atoms with E-state index >= 15 is 0 Å². The van der Waals surface area contributed by atoms with E-state index in [2.05, 4.69) is 12.1 Å². The average molecular weight is 219 g/mol. The van der Waals surface area contributed by atoms with Gasteiger partial charge >= 0.3 is 0 Å². The Morgan fingerprint density at radius 3 is 2.50 bits per heavy atom. The molecule has 2 unspecified atom stereocenters. The van der Waals surface area contributed by atoms with Crippen LogP contribution in [0.3, 0.4) is 0 Å². The van der Waals surface area contributed by atoms with E-state index in [-0.39, 0.29) is 5.92 Å². The fraction of sp³-hybridized carbons (Fsp3) is 0.462. The first-order chi connectivity index (χ1) is 7.68. The quantitative estimate of drug-likeness (QED) is 0.786. The SMILES string of the molecule is NC(=O)C(O)CC(c1ccccc1)C1CC1. The second-order valence-electron chi connectivity index (χ2n) is 4.51. The average Bonchev–Trinajstić information content (AvgIpc) is 3.10. The van der Waals surface area contributed by atoms with Crippen LogP contribution in [0.15, 0.2) is 30.3 Å². The Hall–Kier alpha value is -1.35. The molecule has 16 heavy (non-hydrogen) atoms. The van der Waals surface area contributed by atoms with Crippen LogP contribution in [0.4, 0.5) is 0 Å². The number of carbonyl (C=O) groups excluding carboxylic acids is 1. The van der Waals surface area contributed by atoms with Gasteiger partial charge in [0, 0.05) is 0 Å². The van der Waals surface area contributed by atoms with Crippen molar-refractivity contribution in [2.24, 2.45) is 11.7 Å². The van der Waals surface area contributed by atoms with Gasteiger partial charge in [-0.1, -0.05) is 30.3 Å². The van der Waals surface area contributed by atoms with Crippen molar-refractivity contribution in [2.75, 3.05) is 0 Å². The van der Waals surface area contributed by atoms with Gasteiger partial charge in [-0.15, -0.1) is 0 Å². The number of carbonyl (C=O) groups is 1. The number of primary amides is 1. The third kappa shape index (κ3) is 2.61. The predicted octanol–water partition coefficient (Wildman–Crippen LogP) is 1.42. The van der Waals surface area contributed by atoms with Gasteiger partial charge in [-0.2, -0.15) is 0 Å². The van der Waals surface area contributed by atoms with E-state index in [9.17, 15) is 9.90 Å². The molecular formula is C13H17NO2. The lowest BCUT2D eigenvalue weighted by Gasteiger charge is -2.18. The van der Waals surface area contributed by atoms with Gasteiger partial charge in [-0.3, -0.25) is 4.79 Å². The predicted molar refractivity (Wildman–Crippen MR) is 61.7 cm³/mol. The van der Waals surface area contributed by atoms with Crippen LogP contribution in [0.25, 0.3) is 0 Å². The zero-order valence-electron chi connectivity index (χ0n) is 9.17. The van der Waals surface area contributed by atoms with Crippen LogP contribution in [0.2, 0.25) is 0 Å². The van der Waals surface area contributed by atoms with E-state index in [1.165, 1.54) is 18.4 Å². The van der Waals surface area contributed by atoms with E-state index in [1.807, 2.05) is 18.2 Å². The van der Waals surface area contributed by atoms with Gasteiger partial charge in [0.15, 0.2) is 0 Å². The summed E-state index contributed by atoms with van der Waals surface area (Å²) in [4.78, 5) is 10.9. The second kappa shape index (κ2) is 4.66. The minimum absolute atomic E-state index is 0.267. The van der Waals surface area contributed by atoms with Crippen molar-refractivity contribution in [1.29, 1.82) is 0 Å². The molecular weight excluding hydrogens is 202 g/mol. The molecule has 1 saturated carbocycles. The molecule has 3 heteroatoms. The van der Waals surface area contributed by atoms with Gasteiger partial charge < -0.3 is 10.8 Å². The zero-order valence-corrected chi connectivity index (χ0v) is 9.17. The Labute approximate surface area is 95.3 Å². The van der Waals surface area contributed by atoms with Gasteiger partial charge in [-0.05, 0) is 36.7 Å². The highest BCUT2D eigenvalue weighted by Gasteiger charge is 2.34. The number of aliphatic hydroxyl groups is 1. The van der Waals surface area contributed by atoms with Crippen LogP contribution in [0.5, 0.6) is 0 Å². The highest BCUT2D eigenvalue weighted by Crippen LogP contribution is 2.44. The number of amides is 1. The maximum atomic E-state index is 10.9. The summed E-state index contributed by atoms with van der Waals surface area (Å²) in [6.45, 7) is 0. The van der Waals surface area contributed by atoms with E-state index in [4.69, 9.17) is 5.73 Å². The van der Waals surface area contributed by atoms with Crippen LogP contribution in [0.1, 0.15) is 30.7 Å². The Balaban J connectivity index is 2.09. The summed E-state index contributed by atoms with van der Waals surface area (Å²) in [5.41, 5.74) is 6.29. The summed E-state index contributed by atoms with van der Waals surface area (Å²) in [7, 11) is 0. The van der Waals surface area contributed by atoms with Crippen molar-refractivity contribution >= 4 is 5.91 Å². The summed E-state index contributed by atoms with van der Waals surface area (Å²) >= 11 is 0. The molecule has 0 saturated heterocycles. The van der Waals surface area contributed by atoms with E-state index in [0.717, 1.165) is 0 Å². The smallest absolute Gasteiger partial charge is 0.246 e. The molecule has 1 aromatic carbocycles. The molecule has 3 nitrogen and oxygen atoms in total. The van der Waals surface area contributed by atoms with Crippen LogP contribution in [-0.2, 0) is 4.79 Å². The van der Waals surface area contributed by atoms with Crippen LogP contribution >= 0.6 is 0 Å². The lowest BCUT2D eigenvalue weighted by Crippen LogP contribution is -2.30. The number of aliphatic hydroxyl groups excluding tert-OH is 1. The van der Waals surface area contributed by atoms with Gasteiger partial charge in [0.25, 0.3) is 0 Å². The standard InChI is InChI=1S/C13H17NO2/c14-13(16)12(15)8-11(10-6-7-10)9-4-2-1-3-5-9/h1-5,10-12,15H,6-8H2,(H2,14,16). The molecule has 1 aliphatic rings. The number of hydrogen-bond acceptors (Lipinski definition) is 2. The number of benzene rings is 1. The summed E-state index contributed by atoms with van der Waals surface area (Å²) in [5, 5.41) is 9.56. The molecule has 0 aliphatic heterocycles. The van der Waals surface area contributed by atoms with Crippen LogP contribution in [0, 0.1) is 5.92 Å². The van der Waals surface area contributed by atoms with Gasteiger partial charge in [0.1, 0.15) is 6.10 Å². The number of rotatable bonds is 5. The fourth-order valence-electron chi connectivity index (χ4n) is 2.16. The number of nitrogens with two attached hydrogens (primary N) is 1. The summed E-state index contributed by atoms with van der Waals surface area (Å²) in [5.74, 6) is 0.252. The molecule has 3 N–H and O–H groups in total. The molecule has 0 heterocycles. The van der Waals surface area contributed by atoms with Crippen molar-refractivity contribution in [1.82, 2.24) is 0 Å². The lowest BCUT2D eigenvalue weighted by atomic mass is 9.89. The fourth-order valence-corrected chi connectivity index (χ4v) is 2.16. The molecule has 0 bridgehead atoms. The minimum Gasteiger partial charge on any atom is -0.383 e. The first-order valence-corrected chi connectivity index (χ1v) is 5.71. The molecule has 1 aliphatic carbocycles. The maximum Gasteiger partial charge on any atom is 0.246 e. The summed E-state index contributed by atoms with van der Waals surface area (Å²) < 4.78 is 0. The molecule has 1 fully saturated rings. The first-order valence-electron chi connectivity index (χ1n) is 5.71. The van der Waals surface area contributed by atoms with Crippen molar-refractivity contribution < 1.29 is 9.90 Å². The Morgan fingerprint density at radius 2 is 2.00 bits per heavy atom. The minimum atomic E-state index is -1.02. The molecule has 2 rings (SSSR count). The van der Waals surface area contributed by atoms with Gasteiger partial charge in [0.05, 0.1) is 0 Å². The number of hydrogen-bond donors (Lipinski definition) is 2. The van der Waals surface area contributed by atoms with Crippen molar-refractivity contribution in [3.05, 3.63) is 35.9 Å². The third-order valence-corrected chi connectivity index (χ3v) is 3.22. The third-order valence-electron chi connectivity index (χ3n) is 3.22. The normalized spacial score (nSPS) is 19.1. The Kier molecular flexibility index (Phi) is 3.25. The zero-order chi connectivity index (χ0) is 11.5. The highest BCUT2D eigenvalue weighted by atomic mass is 16.3. The van der Waals surface area contributed by atoms with E-state index in [0.29, 0.717) is 12.3 Å². The Morgan fingerprint density at radius 1 is 1.38 bits per heavy atom. The summed E-state index contributed by atoms with van der Waals surface area (Å²) in [6.07, 6.45) is 1.80. The molecule has 86 valence electrons. The molecule has 1 aromatic rings. The molecule has 0 spiro atoms. The monoisotopic (exact) mass is 219 g/mol. The van der Waals surface area contributed by atoms with Crippen molar-refractivity contribution in [3.63, 3.8) is 0 Å². The largest absolute Gasteiger partial charge is 0.383 e. The van der Waals surface area contributed by atoms with Crippen LogP contribution < -0.4 is 5.73 Å². The second-order valence-corrected chi connectivity index (χ2v) is 4.51. The molecule has 0 aromatic heterocycles.